The summed E-state index contributed by atoms with van der Waals surface area (Å²) in [6.07, 6.45) is 1.08. The van der Waals surface area contributed by atoms with Gasteiger partial charge in [0.2, 0.25) is 0 Å². The molecule has 0 aliphatic rings. The second-order valence-corrected chi connectivity index (χ2v) is 4.50. The van der Waals surface area contributed by atoms with E-state index in [0.29, 0.717) is 22.3 Å². The normalized spacial score (nSPS) is 10.5. The van der Waals surface area contributed by atoms with Gasteiger partial charge in [0.05, 0.1) is 18.4 Å². The Bertz CT molecular complexity index is 797. The summed E-state index contributed by atoms with van der Waals surface area (Å²) in [6, 6.07) is 4.70. The van der Waals surface area contributed by atoms with Crippen molar-refractivity contribution in [3.8, 4) is 0 Å². The van der Waals surface area contributed by atoms with Crippen molar-refractivity contribution in [1.29, 1.82) is 0 Å². The molecule has 6 heteroatoms. The second-order valence-electron chi connectivity index (χ2n) is 4.50. The van der Waals surface area contributed by atoms with E-state index in [2.05, 4.69) is 10.1 Å². The van der Waals surface area contributed by atoms with Gasteiger partial charge in [0.15, 0.2) is 5.65 Å². The molecule has 116 valence electrons. The summed E-state index contributed by atoms with van der Waals surface area (Å²) >= 11 is 0. The van der Waals surface area contributed by atoms with Crippen molar-refractivity contribution in [1.82, 2.24) is 14.8 Å². The number of aromatic nitrogens is 3. The molecule has 3 nitrogen and oxygen atoms in total. The summed E-state index contributed by atoms with van der Waals surface area (Å²) in [5.41, 5.74) is 1.36. The minimum absolute atomic E-state index is 0.106. The van der Waals surface area contributed by atoms with E-state index < -0.39 is 17.5 Å². The zero-order valence-electron chi connectivity index (χ0n) is 12.6. The fraction of sp³-hybridized carbons (Fsp3) is 0.250. The highest BCUT2D eigenvalue weighted by Crippen LogP contribution is 2.19. The molecule has 0 atom stereocenters. The van der Waals surface area contributed by atoms with Crippen LogP contribution in [0.5, 0.6) is 0 Å². The van der Waals surface area contributed by atoms with Gasteiger partial charge < -0.3 is 0 Å². The monoisotopic (exact) mass is 307 g/mol. The first-order chi connectivity index (χ1) is 10.5. The lowest BCUT2D eigenvalue weighted by molar-refractivity contribution is 0.560. The van der Waals surface area contributed by atoms with Crippen LogP contribution in [0.25, 0.3) is 11.0 Å². The van der Waals surface area contributed by atoms with Crippen LogP contribution in [0, 0.1) is 24.4 Å². The van der Waals surface area contributed by atoms with Crippen molar-refractivity contribution in [3.63, 3.8) is 0 Å². The molecule has 22 heavy (non-hydrogen) atoms. The summed E-state index contributed by atoms with van der Waals surface area (Å²) in [4.78, 5) is 3.97. The van der Waals surface area contributed by atoms with Crippen LogP contribution in [0.15, 0.2) is 30.5 Å². The number of pyridine rings is 1. The molecular formula is C16H16F3N3. The van der Waals surface area contributed by atoms with Crippen LogP contribution >= 0.6 is 0 Å². The van der Waals surface area contributed by atoms with Crippen LogP contribution in [-0.2, 0) is 6.54 Å². The van der Waals surface area contributed by atoms with Crippen LogP contribution in [0.4, 0.5) is 13.2 Å². The predicted octanol–water partition coefficient (Wildman–Crippen LogP) is 4.23. The molecule has 0 N–H and O–H groups in total. The van der Waals surface area contributed by atoms with Crippen molar-refractivity contribution >= 4 is 11.0 Å². The van der Waals surface area contributed by atoms with E-state index >= 15 is 0 Å². The van der Waals surface area contributed by atoms with Gasteiger partial charge in [-0.05, 0) is 19.1 Å². The number of rotatable bonds is 2. The molecule has 2 heterocycles. The van der Waals surface area contributed by atoms with Crippen molar-refractivity contribution in [2.45, 2.75) is 27.3 Å². The van der Waals surface area contributed by atoms with E-state index in [1.807, 2.05) is 13.8 Å². The van der Waals surface area contributed by atoms with Gasteiger partial charge in [-0.2, -0.15) is 5.10 Å². The van der Waals surface area contributed by atoms with E-state index in [1.54, 1.807) is 6.92 Å². The molecule has 0 amide bonds. The van der Waals surface area contributed by atoms with E-state index in [4.69, 9.17) is 0 Å². The van der Waals surface area contributed by atoms with Crippen LogP contribution in [0.1, 0.15) is 25.1 Å². The Labute approximate surface area is 126 Å². The average molecular weight is 307 g/mol. The fourth-order valence-electron chi connectivity index (χ4n) is 2.11. The quantitative estimate of drug-likeness (QED) is 0.709. The number of aryl methyl sites for hydroxylation is 1. The fourth-order valence-corrected chi connectivity index (χ4v) is 2.11. The maximum absolute atomic E-state index is 13.6. The van der Waals surface area contributed by atoms with E-state index in [1.165, 1.54) is 22.9 Å². The maximum atomic E-state index is 13.6. The largest absolute Gasteiger partial charge is 0.242 e. The highest BCUT2D eigenvalue weighted by atomic mass is 19.1. The molecule has 0 radical (unpaired) electrons. The minimum atomic E-state index is -0.645. The zero-order valence-corrected chi connectivity index (χ0v) is 12.6. The lowest BCUT2D eigenvalue weighted by Crippen LogP contribution is -2.05. The molecule has 0 aliphatic carbocycles. The van der Waals surface area contributed by atoms with Gasteiger partial charge in [-0.15, -0.1) is 0 Å². The van der Waals surface area contributed by atoms with E-state index in [0.717, 1.165) is 12.3 Å². The Morgan fingerprint density at radius 2 is 1.77 bits per heavy atom. The molecule has 2 aromatic heterocycles. The Balaban J connectivity index is 0.000000847. The van der Waals surface area contributed by atoms with Crippen LogP contribution in [0.2, 0.25) is 0 Å². The third-order valence-electron chi connectivity index (χ3n) is 3.07. The molecule has 3 aromatic rings. The van der Waals surface area contributed by atoms with Gasteiger partial charge in [-0.25, -0.2) is 22.8 Å². The zero-order chi connectivity index (χ0) is 16.3. The van der Waals surface area contributed by atoms with Gasteiger partial charge in [-0.3, -0.25) is 0 Å². The molecule has 1 aromatic carbocycles. The molecular weight excluding hydrogens is 291 g/mol. The number of hydrogen-bond acceptors (Lipinski definition) is 2. The third kappa shape index (κ3) is 3.10. The second kappa shape index (κ2) is 6.60. The topological polar surface area (TPSA) is 30.7 Å². The van der Waals surface area contributed by atoms with Gasteiger partial charge >= 0.3 is 0 Å². The SMILES string of the molecule is CC.Cc1nn(Cc2ccc(F)cc2F)c2ncc(F)cc12. The Morgan fingerprint density at radius 3 is 2.45 bits per heavy atom. The van der Waals surface area contributed by atoms with Crippen LogP contribution in [0.3, 0.4) is 0 Å². The lowest BCUT2D eigenvalue weighted by Gasteiger charge is -2.04. The van der Waals surface area contributed by atoms with Crippen LogP contribution < -0.4 is 0 Å². The number of halogens is 3. The summed E-state index contributed by atoms with van der Waals surface area (Å²) < 4.78 is 41.1. The molecule has 0 fully saturated rings. The highest BCUT2D eigenvalue weighted by molar-refractivity contribution is 5.78. The number of benzene rings is 1. The Kier molecular flexibility index (Phi) is 4.80. The molecule has 3 rings (SSSR count). The van der Waals surface area contributed by atoms with Crippen molar-refractivity contribution in [2.24, 2.45) is 0 Å². The molecule has 0 unspecified atom stereocenters. The third-order valence-corrected chi connectivity index (χ3v) is 3.07. The smallest absolute Gasteiger partial charge is 0.158 e. The van der Waals surface area contributed by atoms with E-state index in [-0.39, 0.29) is 6.54 Å². The molecule has 0 aliphatic heterocycles. The maximum Gasteiger partial charge on any atom is 0.158 e. The first-order valence-electron chi connectivity index (χ1n) is 6.97. The summed E-state index contributed by atoms with van der Waals surface area (Å²) in [5.74, 6) is -1.73. The highest BCUT2D eigenvalue weighted by Gasteiger charge is 2.12. The van der Waals surface area contributed by atoms with Gasteiger partial charge in [0.1, 0.15) is 17.5 Å². The summed E-state index contributed by atoms with van der Waals surface area (Å²) in [7, 11) is 0. The average Bonchev–Trinajstić information content (AvgIpc) is 2.80. The van der Waals surface area contributed by atoms with Crippen molar-refractivity contribution in [2.75, 3.05) is 0 Å². The van der Waals surface area contributed by atoms with E-state index in [9.17, 15) is 13.2 Å². The number of nitrogens with zero attached hydrogens (tertiary/aromatic N) is 3. The molecule has 0 bridgehead atoms. The number of fused-ring (bicyclic) bond motifs is 1. The summed E-state index contributed by atoms with van der Waals surface area (Å²) in [6.45, 7) is 5.83. The standard InChI is InChI=1S/C14H10F3N3.C2H6/c1-8-12-4-11(16)6-18-14(12)20(19-8)7-9-2-3-10(15)5-13(9)17;1-2/h2-6H,7H2,1H3;1-2H3. The molecule has 0 spiro atoms. The first-order valence-corrected chi connectivity index (χ1v) is 6.97. The summed E-state index contributed by atoms with van der Waals surface area (Å²) in [5, 5.41) is 4.79. The van der Waals surface area contributed by atoms with Crippen LogP contribution in [-0.4, -0.2) is 14.8 Å². The Morgan fingerprint density at radius 1 is 1.05 bits per heavy atom. The molecule has 0 saturated carbocycles. The number of hydrogen-bond donors (Lipinski definition) is 0. The predicted molar refractivity (Wildman–Crippen MR) is 79.0 cm³/mol. The molecule has 0 saturated heterocycles. The van der Waals surface area contributed by atoms with Crippen molar-refractivity contribution in [3.05, 3.63) is 59.2 Å². The van der Waals surface area contributed by atoms with Gasteiger partial charge in [0.25, 0.3) is 0 Å². The minimum Gasteiger partial charge on any atom is -0.242 e. The van der Waals surface area contributed by atoms with Crippen molar-refractivity contribution < 1.29 is 13.2 Å². The van der Waals surface area contributed by atoms with Gasteiger partial charge in [0, 0.05) is 17.0 Å². The lowest BCUT2D eigenvalue weighted by atomic mass is 10.2. The van der Waals surface area contributed by atoms with Gasteiger partial charge in [-0.1, -0.05) is 19.9 Å². The Hall–Kier alpha value is -2.37. The first kappa shape index (κ1) is 16.0.